The standard InChI is InChI=1S/C16H26N2S/c1-12(2)18-10-13-5-3-6-14(11-18)16(13)17-9-15-7-4-8-19-15/h4,7-8,12-14,16-17H,3,5-6,9-11H2,1-2H3. The predicted molar refractivity (Wildman–Crippen MR) is 82.5 cm³/mol. The second-order valence-corrected chi connectivity index (χ2v) is 7.52. The molecule has 0 aromatic carbocycles. The van der Waals surface area contributed by atoms with Crippen LogP contribution in [-0.4, -0.2) is 30.1 Å². The molecule has 3 rings (SSSR count). The van der Waals surface area contributed by atoms with Gasteiger partial charge in [-0.3, -0.25) is 0 Å². The molecule has 1 saturated heterocycles. The lowest BCUT2D eigenvalue weighted by Crippen LogP contribution is -2.58. The van der Waals surface area contributed by atoms with Crippen LogP contribution < -0.4 is 5.32 Å². The molecule has 2 heterocycles. The van der Waals surface area contributed by atoms with E-state index in [1.807, 2.05) is 11.3 Å². The van der Waals surface area contributed by atoms with Gasteiger partial charge in [0.2, 0.25) is 0 Å². The van der Waals surface area contributed by atoms with Gasteiger partial charge in [0.25, 0.3) is 0 Å². The van der Waals surface area contributed by atoms with E-state index in [1.165, 1.54) is 37.2 Å². The number of hydrogen-bond donors (Lipinski definition) is 1. The SMILES string of the molecule is CC(C)N1CC2CCCC(C1)C2NCc1cccs1. The average Bonchev–Trinajstić information content (AvgIpc) is 2.88. The number of likely N-dealkylation sites (tertiary alicyclic amines) is 1. The molecule has 2 atom stereocenters. The molecule has 2 fully saturated rings. The van der Waals surface area contributed by atoms with Crippen LogP contribution in [-0.2, 0) is 6.54 Å². The number of hydrogen-bond acceptors (Lipinski definition) is 3. The Kier molecular flexibility index (Phi) is 4.25. The van der Waals surface area contributed by atoms with Crippen molar-refractivity contribution in [1.82, 2.24) is 10.2 Å². The number of piperidine rings is 1. The smallest absolute Gasteiger partial charge is 0.0302 e. The van der Waals surface area contributed by atoms with Crippen LogP contribution in [0.5, 0.6) is 0 Å². The van der Waals surface area contributed by atoms with E-state index >= 15 is 0 Å². The molecule has 19 heavy (non-hydrogen) atoms. The van der Waals surface area contributed by atoms with Crippen molar-refractivity contribution in [3.05, 3.63) is 22.4 Å². The molecule has 1 aromatic rings. The maximum absolute atomic E-state index is 3.87. The minimum Gasteiger partial charge on any atom is -0.308 e. The monoisotopic (exact) mass is 278 g/mol. The molecule has 2 unspecified atom stereocenters. The lowest BCUT2D eigenvalue weighted by atomic mass is 9.73. The molecular weight excluding hydrogens is 252 g/mol. The van der Waals surface area contributed by atoms with E-state index in [2.05, 4.69) is 41.6 Å². The molecular formula is C16H26N2S. The second-order valence-electron chi connectivity index (χ2n) is 6.48. The quantitative estimate of drug-likeness (QED) is 0.908. The first-order valence-corrected chi connectivity index (χ1v) is 8.62. The molecule has 0 amide bonds. The summed E-state index contributed by atoms with van der Waals surface area (Å²) in [6.45, 7) is 8.35. The van der Waals surface area contributed by atoms with Gasteiger partial charge in [-0.05, 0) is 50.0 Å². The Labute approximate surface area is 121 Å². The fourth-order valence-electron chi connectivity index (χ4n) is 3.86. The highest BCUT2D eigenvalue weighted by atomic mass is 32.1. The normalized spacial score (nSPS) is 31.8. The van der Waals surface area contributed by atoms with E-state index in [0.29, 0.717) is 6.04 Å². The van der Waals surface area contributed by atoms with Crippen molar-refractivity contribution in [1.29, 1.82) is 0 Å². The van der Waals surface area contributed by atoms with Crippen molar-refractivity contribution >= 4 is 11.3 Å². The average molecular weight is 278 g/mol. The third-order valence-corrected chi connectivity index (χ3v) is 5.80. The zero-order valence-corrected chi connectivity index (χ0v) is 13.0. The summed E-state index contributed by atoms with van der Waals surface area (Å²) in [6.07, 6.45) is 4.28. The van der Waals surface area contributed by atoms with E-state index in [9.17, 15) is 0 Å². The van der Waals surface area contributed by atoms with E-state index in [0.717, 1.165) is 24.4 Å². The number of fused-ring (bicyclic) bond motifs is 2. The molecule has 3 heteroatoms. The Morgan fingerprint density at radius 2 is 2.05 bits per heavy atom. The lowest BCUT2D eigenvalue weighted by Gasteiger charge is -2.49. The Bertz CT molecular complexity index is 373. The molecule has 1 N–H and O–H groups in total. The molecule has 1 aliphatic heterocycles. The predicted octanol–water partition coefficient (Wildman–Crippen LogP) is 3.35. The van der Waals surface area contributed by atoms with Gasteiger partial charge in [-0.2, -0.15) is 0 Å². The van der Waals surface area contributed by atoms with Gasteiger partial charge < -0.3 is 10.2 Å². The Morgan fingerprint density at radius 3 is 2.63 bits per heavy atom. The highest BCUT2D eigenvalue weighted by Crippen LogP contribution is 2.35. The van der Waals surface area contributed by atoms with Gasteiger partial charge in [0.05, 0.1) is 0 Å². The molecule has 106 valence electrons. The lowest BCUT2D eigenvalue weighted by molar-refractivity contribution is 0.0291. The van der Waals surface area contributed by atoms with Crippen LogP contribution in [0.4, 0.5) is 0 Å². The molecule has 1 aliphatic carbocycles. The fraction of sp³-hybridized carbons (Fsp3) is 0.750. The van der Waals surface area contributed by atoms with Gasteiger partial charge in [0.1, 0.15) is 0 Å². The van der Waals surface area contributed by atoms with Gasteiger partial charge in [-0.1, -0.05) is 12.5 Å². The highest BCUT2D eigenvalue weighted by molar-refractivity contribution is 7.09. The van der Waals surface area contributed by atoms with E-state index in [1.54, 1.807) is 0 Å². The highest BCUT2D eigenvalue weighted by Gasteiger charge is 2.39. The minimum atomic E-state index is 0.710. The van der Waals surface area contributed by atoms with E-state index < -0.39 is 0 Å². The molecule has 0 radical (unpaired) electrons. The van der Waals surface area contributed by atoms with Crippen LogP contribution in [0.2, 0.25) is 0 Å². The van der Waals surface area contributed by atoms with Crippen molar-refractivity contribution < 1.29 is 0 Å². The van der Waals surface area contributed by atoms with Crippen LogP contribution in [0.3, 0.4) is 0 Å². The largest absolute Gasteiger partial charge is 0.308 e. The summed E-state index contributed by atoms with van der Waals surface area (Å²) in [7, 11) is 0. The van der Waals surface area contributed by atoms with E-state index in [-0.39, 0.29) is 0 Å². The van der Waals surface area contributed by atoms with Crippen LogP contribution >= 0.6 is 11.3 Å². The number of thiophene rings is 1. The molecule has 1 aromatic heterocycles. The van der Waals surface area contributed by atoms with Gasteiger partial charge >= 0.3 is 0 Å². The topological polar surface area (TPSA) is 15.3 Å². The maximum atomic E-state index is 3.87. The summed E-state index contributed by atoms with van der Waals surface area (Å²) < 4.78 is 0. The van der Waals surface area contributed by atoms with Crippen LogP contribution in [0.1, 0.15) is 38.0 Å². The van der Waals surface area contributed by atoms with Crippen LogP contribution in [0, 0.1) is 11.8 Å². The summed E-state index contributed by atoms with van der Waals surface area (Å²) in [5, 5.41) is 6.05. The number of rotatable bonds is 4. The van der Waals surface area contributed by atoms with Crippen molar-refractivity contribution in [2.24, 2.45) is 11.8 Å². The first kappa shape index (κ1) is 13.6. The summed E-state index contributed by atoms with van der Waals surface area (Å²) in [5.74, 6) is 1.74. The second kappa shape index (κ2) is 5.94. The Hall–Kier alpha value is -0.380. The van der Waals surface area contributed by atoms with Crippen LogP contribution in [0.25, 0.3) is 0 Å². The van der Waals surface area contributed by atoms with Crippen molar-refractivity contribution in [2.45, 2.75) is 51.7 Å². The van der Waals surface area contributed by atoms with Crippen LogP contribution in [0.15, 0.2) is 17.5 Å². The third kappa shape index (κ3) is 3.04. The summed E-state index contributed by atoms with van der Waals surface area (Å²) >= 11 is 1.87. The zero-order valence-electron chi connectivity index (χ0n) is 12.1. The molecule has 2 aliphatic rings. The van der Waals surface area contributed by atoms with E-state index in [4.69, 9.17) is 0 Å². The first-order chi connectivity index (χ1) is 9.24. The molecule has 2 bridgehead atoms. The summed E-state index contributed by atoms with van der Waals surface area (Å²) in [4.78, 5) is 4.17. The number of nitrogens with one attached hydrogen (secondary N) is 1. The van der Waals surface area contributed by atoms with Gasteiger partial charge in [0, 0.05) is 36.6 Å². The summed E-state index contributed by atoms with van der Waals surface area (Å²) in [6, 6.07) is 5.87. The Morgan fingerprint density at radius 1 is 1.32 bits per heavy atom. The van der Waals surface area contributed by atoms with Gasteiger partial charge in [-0.15, -0.1) is 11.3 Å². The maximum Gasteiger partial charge on any atom is 0.0302 e. The van der Waals surface area contributed by atoms with Gasteiger partial charge in [0.15, 0.2) is 0 Å². The third-order valence-electron chi connectivity index (χ3n) is 4.93. The first-order valence-electron chi connectivity index (χ1n) is 7.74. The fourth-order valence-corrected chi connectivity index (χ4v) is 4.52. The number of nitrogens with zero attached hydrogens (tertiary/aromatic N) is 1. The minimum absolute atomic E-state index is 0.710. The summed E-state index contributed by atoms with van der Waals surface area (Å²) in [5.41, 5.74) is 0. The van der Waals surface area contributed by atoms with Crippen molar-refractivity contribution in [3.8, 4) is 0 Å². The van der Waals surface area contributed by atoms with Gasteiger partial charge in [-0.25, -0.2) is 0 Å². The zero-order chi connectivity index (χ0) is 13.2. The van der Waals surface area contributed by atoms with Crippen molar-refractivity contribution in [2.75, 3.05) is 13.1 Å². The molecule has 1 saturated carbocycles. The molecule has 2 nitrogen and oxygen atoms in total. The molecule has 0 spiro atoms. The van der Waals surface area contributed by atoms with Crippen molar-refractivity contribution in [3.63, 3.8) is 0 Å². The Balaban J connectivity index is 1.62.